The number of rotatable bonds is 2. The van der Waals surface area contributed by atoms with E-state index in [1.54, 1.807) is 12.1 Å². The van der Waals surface area contributed by atoms with E-state index < -0.39 is 0 Å². The Bertz CT molecular complexity index is 524. The van der Waals surface area contributed by atoms with Crippen molar-refractivity contribution in [2.24, 2.45) is 0 Å². The van der Waals surface area contributed by atoms with Crippen LogP contribution < -0.4 is 0 Å². The Morgan fingerprint density at radius 2 is 1.50 bits per heavy atom. The molecule has 0 spiro atoms. The summed E-state index contributed by atoms with van der Waals surface area (Å²) in [5.41, 5.74) is 1.87. The molecule has 3 rings (SSSR count). The van der Waals surface area contributed by atoms with Crippen LogP contribution in [0.4, 0.5) is 0 Å². The molecule has 2 aromatic carbocycles. The topological polar surface area (TPSA) is 38.7 Å². The van der Waals surface area contributed by atoms with Gasteiger partial charge in [0.1, 0.15) is 18.0 Å². The van der Waals surface area contributed by atoms with Crippen LogP contribution >= 0.6 is 0 Å². The predicted molar refractivity (Wildman–Crippen MR) is 66.8 cm³/mol. The zero-order chi connectivity index (χ0) is 12.4. The molecule has 2 atom stereocenters. The quantitative estimate of drug-likeness (QED) is 0.819. The molecule has 0 amide bonds. The average molecular weight is 242 g/mol. The SMILES string of the molecule is Oc1ccccc1C1CC(c2ccccc2)OO1. The van der Waals surface area contributed by atoms with Gasteiger partial charge in [-0.2, -0.15) is 0 Å². The van der Waals surface area contributed by atoms with E-state index >= 15 is 0 Å². The molecule has 1 N–H and O–H groups in total. The molecule has 0 saturated carbocycles. The summed E-state index contributed by atoms with van der Waals surface area (Å²) in [6.07, 6.45) is 0.425. The third-order valence-corrected chi connectivity index (χ3v) is 3.17. The maximum Gasteiger partial charge on any atom is 0.124 e. The summed E-state index contributed by atoms with van der Waals surface area (Å²) in [6.45, 7) is 0. The van der Waals surface area contributed by atoms with Crippen molar-refractivity contribution in [3.63, 3.8) is 0 Å². The van der Waals surface area contributed by atoms with Crippen molar-refractivity contribution in [2.45, 2.75) is 18.6 Å². The number of benzene rings is 2. The third kappa shape index (κ3) is 2.10. The first-order valence-electron chi connectivity index (χ1n) is 5.99. The number of phenols is 1. The van der Waals surface area contributed by atoms with Gasteiger partial charge in [0.25, 0.3) is 0 Å². The van der Waals surface area contributed by atoms with Gasteiger partial charge >= 0.3 is 0 Å². The fraction of sp³-hybridized carbons (Fsp3) is 0.200. The van der Waals surface area contributed by atoms with E-state index in [4.69, 9.17) is 9.78 Å². The maximum atomic E-state index is 9.79. The van der Waals surface area contributed by atoms with Crippen LogP contribution in [0, 0.1) is 0 Å². The van der Waals surface area contributed by atoms with Gasteiger partial charge in [0.2, 0.25) is 0 Å². The van der Waals surface area contributed by atoms with Crippen LogP contribution in [0.25, 0.3) is 0 Å². The lowest BCUT2D eigenvalue weighted by Gasteiger charge is -2.08. The second-order valence-electron chi connectivity index (χ2n) is 4.37. The lowest BCUT2D eigenvalue weighted by Crippen LogP contribution is -1.96. The van der Waals surface area contributed by atoms with Crippen molar-refractivity contribution in [1.29, 1.82) is 0 Å². The summed E-state index contributed by atoms with van der Waals surface area (Å²) in [4.78, 5) is 10.7. The molecule has 3 nitrogen and oxygen atoms in total. The van der Waals surface area contributed by atoms with Crippen molar-refractivity contribution in [1.82, 2.24) is 0 Å². The van der Waals surface area contributed by atoms with Crippen molar-refractivity contribution in [2.75, 3.05) is 0 Å². The lowest BCUT2D eigenvalue weighted by molar-refractivity contribution is -0.300. The fourth-order valence-corrected chi connectivity index (χ4v) is 2.21. The molecule has 0 bridgehead atoms. The van der Waals surface area contributed by atoms with Crippen LogP contribution in [-0.2, 0) is 9.78 Å². The Morgan fingerprint density at radius 3 is 2.28 bits per heavy atom. The largest absolute Gasteiger partial charge is 0.508 e. The predicted octanol–water partition coefficient (Wildman–Crippen LogP) is 3.53. The zero-order valence-electron chi connectivity index (χ0n) is 9.82. The number of aromatic hydroxyl groups is 1. The van der Waals surface area contributed by atoms with E-state index in [0.717, 1.165) is 11.1 Å². The standard InChI is InChI=1S/C15H14O3/c16-13-9-5-4-8-12(13)15-10-14(17-18-15)11-6-2-1-3-7-11/h1-9,14-16H,10H2. The maximum absolute atomic E-state index is 9.79. The van der Waals surface area contributed by atoms with Gasteiger partial charge in [0.15, 0.2) is 0 Å². The van der Waals surface area contributed by atoms with Crippen molar-refractivity contribution >= 4 is 0 Å². The molecular formula is C15H14O3. The molecule has 0 radical (unpaired) electrons. The highest BCUT2D eigenvalue weighted by molar-refractivity contribution is 5.34. The van der Waals surface area contributed by atoms with E-state index in [0.29, 0.717) is 6.42 Å². The van der Waals surface area contributed by atoms with E-state index in [-0.39, 0.29) is 18.0 Å². The Kier molecular flexibility index (Phi) is 3.00. The summed E-state index contributed by atoms with van der Waals surface area (Å²) < 4.78 is 0. The van der Waals surface area contributed by atoms with Gasteiger partial charge in [-0.1, -0.05) is 48.5 Å². The second-order valence-corrected chi connectivity index (χ2v) is 4.37. The normalized spacial score (nSPS) is 23.1. The summed E-state index contributed by atoms with van der Waals surface area (Å²) in [5, 5.41) is 9.79. The molecule has 2 aromatic rings. The molecule has 2 unspecified atom stereocenters. The Labute approximate surface area is 106 Å². The lowest BCUT2D eigenvalue weighted by atomic mass is 9.99. The summed E-state index contributed by atoms with van der Waals surface area (Å²) in [6, 6.07) is 17.2. The smallest absolute Gasteiger partial charge is 0.124 e. The van der Waals surface area contributed by atoms with Gasteiger partial charge in [-0.3, -0.25) is 0 Å². The van der Waals surface area contributed by atoms with Crippen LogP contribution in [0.5, 0.6) is 5.75 Å². The van der Waals surface area contributed by atoms with Crippen molar-refractivity contribution in [3.8, 4) is 5.75 Å². The highest BCUT2D eigenvalue weighted by Gasteiger charge is 2.31. The molecule has 1 heterocycles. The Morgan fingerprint density at radius 1 is 0.833 bits per heavy atom. The van der Waals surface area contributed by atoms with Crippen molar-refractivity contribution in [3.05, 3.63) is 65.7 Å². The first kappa shape index (κ1) is 11.3. The fourth-order valence-electron chi connectivity index (χ4n) is 2.21. The number of para-hydroxylation sites is 1. The summed E-state index contributed by atoms with van der Waals surface area (Å²) in [7, 11) is 0. The summed E-state index contributed by atoms with van der Waals surface area (Å²) >= 11 is 0. The molecule has 1 fully saturated rings. The minimum absolute atomic E-state index is 0.0733. The second kappa shape index (κ2) is 4.80. The number of phenolic OH excluding ortho intramolecular Hbond substituents is 1. The number of hydrogen-bond donors (Lipinski definition) is 1. The van der Waals surface area contributed by atoms with Crippen LogP contribution in [0.2, 0.25) is 0 Å². The minimum atomic E-state index is -0.212. The van der Waals surface area contributed by atoms with E-state index in [2.05, 4.69) is 0 Å². The molecule has 92 valence electrons. The molecular weight excluding hydrogens is 228 g/mol. The van der Waals surface area contributed by atoms with Crippen LogP contribution in [-0.4, -0.2) is 5.11 Å². The highest BCUT2D eigenvalue weighted by atomic mass is 17.2. The molecule has 3 heteroatoms. The average Bonchev–Trinajstić information content (AvgIpc) is 2.90. The van der Waals surface area contributed by atoms with Crippen LogP contribution in [0.3, 0.4) is 0 Å². The van der Waals surface area contributed by atoms with Crippen LogP contribution in [0.1, 0.15) is 29.8 Å². The van der Waals surface area contributed by atoms with E-state index in [1.807, 2.05) is 42.5 Å². The number of hydrogen-bond acceptors (Lipinski definition) is 3. The van der Waals surface area contributed by atoms with Gasteiger partial charge in [0, 0.05) is 12.0 Å². The van der Waals surface area contributed by atoms with Crippen molar-refractivity contribution < 1.29 is 14.9 Å². The Balaban J connectivity index is 1.78. The van der Waals surface area contributed by atoms with Gasteiger partial charge in [-0.15, -0.1) is 0 Å². The first-order valence-corrected chi connectivity index (χ1v) is 5.99. The molecule has 1 aliphatic rings. The van der Waals surface area contributed by atoms with Crippen LogP contribution in [0.15, 0.2) is 54.6 Å². The summed E-state index contributed by atoms with van der Waals surface area (Å²) in [5.74, 6) is 0.250. The Hall–Kier alpha value is -1.84. The minimum Gasteiger partial charge on any atom is -0.508 e. The monoisotopic (exact) mass is 242 g/mol. The molecule has 0 aromatic heterocycles. The molecule has 1 aliphatic heterocycles. The molecule has 0 aliphatic carbocycles. The van der Waals surface area contributed by atoms with Gasteiger partial charge in [0.05, 0.1) is 0 Å². The highest BCUT2D eigenvalue weighted by Crippen LogP contribution is 2.41. The van der Waals surface area contributed by atoms with E-state index in [1.165, 1.54) is 0 Å². The van der Waals surface area contributed by atoms with Gasteiger partial charge in [-0.25, -0.2) is 9.78 Å². The first-order chi connectivity index (χ1) is 8.84. The molecule has 18 heavy (non-hydrogen) atoms. The third-order valence-electron chi connectivity index (χ3n) is 3.17. The van der Waals surface area contributed by atoms with Gasteiger partial charge in [-0.05, 0) is 11.6 Å². The van der Waals surface area contributed by atoms with Gasteiger partial charge < -0.3 is 5.11 Å². The zero-order valence-corrected chi connectivity index (χ0v) is 9.82. The molecule has 1 saturated heterocycles. The van der Waals surface area contributed by atoms with E-state index in [9.17, 15) is 5.11 Å².